The molecule has 7 heteroatoms. The van der Waals surface area contributed by atoms with E-state index in [-0.39, 0.29) is 5.92 Å². The zero-order valence-corrected chi connectivity index (χ0v) is 20.1. The Morgan fingerprint density at radius 1 is 1.00 bits per heavy atom. The molecule has 1 aliphatic heterocycles. The molecule has 0 spiro atoms. The van der Waals surface area contributed by atoms with Gasteiger partial charge in [0, 0.05) is 28.9 Å². The van der Waals surface area contributed by atoms with Crippen LogP contribution < -0.4 is 14.2 Å². The van der Waals surface area contributed by atoms with Crippen molar-refractivity contribution in [2.24, 2.45) is 5.16 Å². The number of hydrogen-bond acceptors (Lipinski definition) is 6. The van der Waals surface area contributed by atoms with Crippen molar-refractivity contribution in [1.82, 2.24) is 0 Å². The second kappa shape index (κ2) is 8.08. The van der Waals surface area contributed by atoms with Crippen molar-refractivity contribution in [2.45, 2.75) is 23.5 Å². The highest BCUT2D eigenvalue weighted by Gasteiger charge is 2.73. The van der Waals surface area contributed by atoms with Crippen molar-refractivity contribution in [2.75, 3.05) is 21.3 Å². The summed E-state index contributed by atoms with van der Waals surface area (Å²) >= 11 is 3.52. The summed E-state index contributed by atoms with van der Waals surface area (Å²) in [5.41, 5.74) is 0.00463. The van der Waals surface area contributed by atoms with Gasteiger partial charge in [-0.05, 0) is 23.3 Å². The minimum absolute atomic E-state index is 0.248. The van der Waals surface area contributed by atoms with E-state index in [0.29, 0.717) is 34.9 Å². The maximum Gasteiger partial charge on any atom is 0.183 e. The van der Waals surface area contributed by atoms with Crippen LogP contribution in [-0.2, 0) is 16.0 Å². The molecule has 3 aromatic rings. The second-order valence-electron chi connectivity index (χ2n) is 8.15. The molecule has 5 rings (SSSR count). The Kier molecular flexibility index (Phi) is 5.34. The van der Waals surface area contributed by atoms with Crippen LogP contribution in [-0.4, -0.2) is 32.1 Å². The number of benzene rings is 3. The average molecular weight is 510 g/mol. The first-order valence-corrected chi connectivity index (χ1v) is 11.4. The number of methoxy groups -OCH3 is 2. The van der Waals surface area contributed by atoms with Crippen LogP contribution in [0.2, 0.25) is 0 Å². The Morgan fingerprint density at radius 2 is 1.73 bits per heavy atom. The molecule has 1 aliphatic carbocycles. The van der Waals surface area contributed by atoms with Crippen molar-refractivity contribution in [3.63, 3.8) is 0 Å². The van der Waals surface area contributed by atoms with Crippen LogP contribution in [0.5, 0.6) is 17.2 Å². The van der Waals surface area contributed by atoms with Gasteiger partial charge in [0.1, 0.15) is 24.4 Å². The largest absolute Gasteiger partial charge is 0.496 e. The van der Waals surface area contributed by atoms with Crippen molar-refractivity contribution < 1.29 is 24.2 Å². The van der Waals surface area contributed by atoms with Crippen LogP contribution in [0.15, 0.2) is 76.4 Å². The number of fused-ring (bicyclic) bond motifs is 3. The van der Waals surface area contributed by atoms with E-state index in [4.69, 9.17) is 19.0 Å². The molecule has 33 heavy (non-hydrogen) atoms. The number of nitrogens with zero attached hydrogens (tertiary/aromatic N) is 1. The molecule has 1 fully saturated rings. The fourth-order valence-corrected chi connectivity index (χ4v) is 5.56. The van der Waals surface area contributed by atoms with Crippen LogP contribution in [0, 0.1) is 0 Å². The van der Waals surface area contributed by atoms with Crippen LogP contribution >= 0.6 is 15.9 Å². The smallest absolute Gasteiger partial charge is 0.183 e. The molecule has 0 aromatic heterocycles. The maximum atomic E-state index is 12.7. The molecule has 0 radical (unpaired) electrons. The van der Waals surface area contributed by atoms with Gasteiger partial charge in [-0.1, -0.05) is 63.6 Å². The normalized spacial score (nSPS) is 26.5. The Bertz CT molecular complexity index is 1210. The van der Waals surface area contributed by atoms with Gasteiger partial charge in [0.05, 0.1) is 25.5 Å². The lowest BCUT2D eigenvalue weighted by Crippen LogP contribution is -2.50. The van der Waals surface area contributed by atoms with E-state index in [1.807, 2.05) is 54.6 Å². The van der Waals surface area contributed by atoms with Gasteiger partial charge in [0.25, 0.3) is 0 Å². The molecular formula is C26H24BrNO5. The van der Waals surface area contributed by atoms with Crippen molar-refractivity contribution in [1.29, 1.82) is 0 Å². The summed E-state index contributed by atoms with van der Waals surface area (Å²) in [5, 5.41) is 17.0. The van der Waals surface area contributed by atoms with E-state index in [9.17, 15) is 5.11 Å². The minimum atomic E-state index is -1.63. The zero-order valence-electron chi connectivity index (χ0n) is 18.5. The molecule has 1 heterocycles. The van der Waals surface area contributed by atoms with Crippen molar-refractivity contribution >= 4 is 21.6 Å². The van der Waals surface area contributed by atoms with Crippen molar-refractivity contribution in [3.8, 4) is 17.2 Å². The summed E-state index contributed by atoms with van der Waals surface area (Å²) in [6, 6.07) is 21.4. The monoisotopic (exact) mass is 509 g/mol. The predicted octanol–water partition coefficient (Wildman–Crippen LogP) is 5.13. The minimum Gasteiger partial charge on any atom is -0.496 e. The lowest BCUT2D eigenvalue weighted by Gasteiger charge is -2.39. The van der Waals surface area contributed by atoms with Gasteiger partial charge in [-0.25, -0.2) is 0 Å². The topological polar surface area (TPSA) is 69.5 Å². The summed E-state index contributed by atoms with van der Waals surface area (Å²) in [4.78, 5) is 5.22. The van der Waals surface area contributed by atoms with Gasteiger partial charge in [0.15, 0.2) is 11.2 Å². The Labute approximate surface area is 200 Å². The summed E-state index contributed by atoms with van der Waals surface area (Å²) in [5.74, 6) is 1.27. The standard InChI is InChI=1S/C26H24BrNO5/c1-30-19-13-21(31-2)24-22(14-19)33-26(17-9-11-18(27)12-10-17)20(16-7-5-4-6-8-16)15-23(28-32-3)25(24,26)29/h4-14,20,29H,15H2,1-3H3/b28-23+/t20-,25+,26-/m0/s1. The van der Waals surface area contributed by atoms with Crippen LogP contribution in [0.4, 0.5) is 0 Å². The SMILES string of the molecule is CO/N=C1\C[C@@H](c2ccccc2)[C@]2(c3ccc(Br)cc3)Oc3cc(OC)cc(OC)c3[C@]12O. The van der Waals surface area contributed by atoms with E-state index >= 15 is 0 Å². The Morgan fingerprint density at radius 3 is 2.36 bits per heavy atom. The molecule has 1 N–H and O–H groups in total. The van der Waals surface area contributed by atoms with Crippen LogP contribution in [0.25, 0.3) is 0 Å². The van der Waals surface area contributed by atoms with E-state index in [1.165, 1.54) is 7.11 Å². The lowest BCUT2D eigenvalue weighted by atomic mass is 9.71. The number of aliphatic hydroxyl groups is 1. The number of oxime groups is 1. The highest BCUT2D eigenvalue weighted by molar-refractivity contribution is 9.10. The highest BCUT2D eigenvalue weighted by atomic mass is 79.9. The average Bonchev–Trinajstić information content (AvgIpc) is 3.25. The Balaban J connectivity index is 1.87. The fourth-order valence-electron chi connectivity index (χ4n) is 5.30. The lowest BCUT2D eigenvalue weighted by molar-refractivity contribution is -0.0756. The number of halogens is 1. The van der Waals surface area contributed by atoms with Crippen molar-refractivity contribution in [3.05, 3.63) is 87.9 Å². The first kappa shape index (κ1) is 21.8. The third kappa shape index (κ3) is 2.99. The molecule has 0 saturated heterocycles. The number of ether oxygens (including phenoxy) is 3. The molecule has 0 unspecified atom stereocenters. The summed E-state index contributed by atoms with van der Waals surface area (Å²) in [6.07, 6.45) is 0.443. The molecule has 1 saturated carbocycles. The van der Waals surface area contributed by atoms with E-state index in [1.54, 1.807) is 26.4 Å². The van der Waals surface area contributed by atoms with Gasteiger partial charge in [0.2, 0.25) is 0 Å². The molecule has 2 aliphatic rings. The zero-order chi connectivity index (χ0) is 23.2. The molecule has 3 aromatic carbocycles. The number of rotatable bonds is 5. The van der Waals surface area contributed by atoms with Gasteiger partial charge in [-0.2, -0.15) is 0 Å². The molecular weight excluding hydrogens is 486 g/mol. The second-order valence-corrected chi connectivity index (χ2v) is 9.06. The molecule has 6 nitrogen and oxygen atoms in total. The summed E-state index contributed by atoms with van der Waals surface area (Å²) < 4.78 is 18.9. The fraction of sp³-hybridized carbons (Fsp3) is 0.269. The van der Waals surface area contributed by atoms with Gasteiger partial charge >= 0.3 is 0 Å². The van der Waals surface area contributed by atoms with E-state index < -0.39 is 11.2 Å². The molecule has 3 atom stereocenters. The number of hydrogen-bond donors (Lipinski definition) is 1. The van der Waals surface area contributed by atoms with Crippen LogP contribution in [0.1, 0.15) is 29.0 Å². The van der Waals surface area contributed by atoms with Gasteiger partial charge in [-0.3, -0.25) is 0 Å². The highest BCUT2D eigenvalue weighted by Crippen LogP contribution is 2.67. The quantitative estimate of drug-likeness (QED) is 0.482. The molecule has 0 bridgehead atoms. The third-order valence-corrected chi connectivity index (χ3v) is 7.18. The third-order valence-electron chi connectivity index (χ3n) is 6.65. The van der Waals surface area contributed by atoms with E-state index in [0.717, 1.165) is 15.6 Å². The summed E-state index contributed by atoms with van der Waals surface area (Å²) in [6.45, 7) is 0. The first-order valence-electron chi connectivity index (χ1n) is 10.6. The molecule has 170 valence electrons. The van der Waals surface area contributed by atoms with E-state index in [2.05, 4.69) is 21.1 Å². The molecule has 0 amide bonds. The Hall–Kier alpha value is -3.03. The maximum absolute atomic E-state index is 12.7. The predicted molar refractivity (Wildman–Crippen MR) is 128 cm³/mol. The first-order chi connectivity index (χ1) is 16.0. The van der Waals surface area contributed by atoms with Gasteiger partial charge < -0.3 is 24.2 Å². The van der Waals surface area contributed by atoms with Crippen LogP contribution in [0.3, 0.4) is 0 Å². The summed E-state index contributed by atoms with van der Waals surface area (Å²) in [7, 11) is 4.63. The van der Waals surface area contributed by atoms with Gasteiger partial charge in [-0.15, -0.1) is 0 Å².